The van der Waals surface area contributed by atoms with Crippen molar-refractivity contribution >= 4 is 17.8 Å². The zero-order valence-electron chi connectivity index (χ0n) is 20.7. The summed E-state index contributed by atoms with van der Waals surface area (Å²) in [7, 11) is 0. The normalized spacial score (nSPS) is 21.1. The van der Waals surface area contributed by atoms with Gasteiger partial charge in [0.15, 0.2) is 0 Å². The number of amidine groups is 1. The van der Waals surface area contributed by atoms with Crippen LogP contribution in [-0.2, 0) is 20.4 Å². The van der Waals surface area contributed by atoms with Crippen molar-refractivity contribution in [2.24, 2.45) is 16.6 Å². The minimum Gasteiger partial charge on any atom is -0.444 e. The zero-order chi connectivity index (χ0) is 23.9. The number of piperidine rings is 1. The molecule has 1 aromatic rings. The van der Waals surface area contributed by atoms with E-state index < -0.39 is 5.60 Å². The summed E-state index contributed by atoms with van der Waals surface area (Å²) in [5, 5.41) is 0. The van der Waals surface area contributed by atoms with Crippen molar-refractivity contribution in [2.75, 3.05) is 13.1 Å². The molecule has 1 aliphatic carbocycles. The van der Waals surface area contributed by atoms with E-state index in [1.165, 1.54) is 11.1 Å². The van der Waals surface area contributed by atoms with Crippen molar-refractivity contribution in [3.63, 3.8) is 0 Å². The highest BCUT2D eigenvalue weighted by Crippen LogP contribution is 2.45. The molecule has 3 rings (SSSR count). The first-order valence-electron chi connectivity index (χ1n) is 11.7. The predicted molar refractivity (Wildman–Crippen MR) is 128 cm³/mol. The van der Waals surface area contributed by atoms with Crippen molar-refractivity contribution in [3.8, 4) is 0 Å². The van der Waals surface area contributed by atoms with Crippen molar-refractivity contribution in [1.29, 1.82) is 0 Å². The first-order valence-corrected chi connectivity index (χ1v) is 11.7. The minimum absolute atomic E-state index is 0.0691. The van der Waals surface area contributed by atoms with Crippen molar-refractivity contribution in [2.45, 2.75) is 90.6 Å². The van der Waals surface area contributed by atoms with Gasteiger partial charge in [-0.25, -0.2) is 4.79 Å². The summed E-state index contributed by atoms with van der Waals surface area (Å²) in [4.78, 5) is 31.0. The molecule has 0 bridgehead atoms. The number of hydrogen-bond acceptors (Lipinski definition) is 3. The number of likely N-dealkylation sites (tertiary alicyclic amines) is 1. The largest absolute Gasteiger partial charge is 0.444 e. The second kappa shape index (κ2) is 8.53. The van der Waals surface area contributed by atoms with Crippen molar-refractivity contribution < 1.29 is 14.3 Å². The molecule has 0 spiro atoms. The van der Waals surface area contributed by atoms with Gasteiger partial charge in [0.2, 0.25) is 0 Å². The van der Waals surface area contributed by atoms with Gasteiger partial charge in [-0.15, -0.1) is 0 Å². The molecule has 0 radical (unpaired) electrons. The van der Waals surface area contributed by atoms with Crippen LogP contribution in [0.15, 0.2) is 23.2 Å². The molecule has 1 heterocycles. The highest BCUT2D eigenvalue weighted by atomic mass is 16.6. The van der Waals surface area contributed by atoms with E-state index in [4.69, 9.17) is 10.5 Å². The van der Waals surface area contributed by atoms with Crippen LogP contribution >= 0.6 is 0 Å². The van der Waals surface area contributed by atoms with E-state index in [1.807, 2.05) is 26.8 Å². The van der Waals surface area contributed by atoms with Crippen LogP contribution in [0.25, 0.3) is 0 Å². The van der Waals surface area contributed by atoms with Crippen molar-refractivity contribution in [3.05, 3.63) is 34.9 Å². The van der Waals surface area contributed by atoms with Crippen molar-refractivity contribution in [1.82, 2.24) is 4.90 Å². The Labute approximate surface area is 192 Å². The maximum atomic E-state index is 12.8. The summed E-state index contributed by atoms with van der Waals surface area (Å²) < 4.78 is 5.43. The number of carbonyl (C=O) groups is 2. The Hall–Kier alpha value is -2.37. The first kappa shape index (κ1) is 24.3. The second-order valence-corrected chi connectivity index (χ2v) is 11.6. The van der Waals surface area contributed by atoms with Gasteiger partial charge in [-0.2, -0.15) is 4.99 Å². The molecule has 6 nitrogen and oxygen atoms in total. The lowest BCUT2D eigenvalue weighted by atomic mass is 9.63. The number of benzene rings is 1. The van der Waals surface area contributed by atoms with E-state index in [-0.39, 0.29) is 34.6 Å². The smallest absolute Gasteiger partial charge is 0.410 e. The van der Waals surface area contributed by atoms with Crippen LogP contribution in [0.3, 0.4) is 0 Å². The van der Waals surface area contributed by atoms with Crippen LogP contribution in [0.1, 0.15) is 90.8 Å². The Balaban J connectivity index is 1.70. The van der Waals surface area contributed by atoms with Gasteiger partial charge in [0.25, 0.3) is 5.91 Å². The molecule has 0 saturated carbocycles. The number of nitrogens with zero attached hydrogens (tertiary/aromatic N) is 2. The van der Waals surface area contributed by atoms with Gasteiger partial charge in [0.1, 0.15) is 11.4 Å². The van der Waals surface area contributed by atoms with Gasteiger partial charge in [0, 0.05) is 24.6 Å². The Kier molecular flexibility index (Phi) is 6.47. The topological polar surface area (TPSA) is 85.0 Å². The highest BCUT2D eigenvalue weighted by Gasteiger charge is 2.37. The molecular formula is C26H39N3O3. The standard InChI is InChI=1S/C26H39N3O3/c1-24(2,3)32-23(31)29-14-10-17(11-15-29)22(30)28-21(27)18-8-9-19-20(16-18)26(6,7)13-12-25(19,4)5/h8-9,16-17H,10-15H2,1-7H3,(H2,27,28,30). The number of ether oxygens (including phenoxy) is 1. The van der Waals surface area contributed by atoms with Crippen LogP contribution in [0, 0.1) is 5.92 Å². The molecule has 2 amide bonds. The van der Waals surface area contributed by atoms with Crippen LogP contribution in [0.2, 0.25) is 0 Å². The third kappa shape index (κ3) is 5.33. The highest BCUT2D eigenvalue weighted by molar-refractivity contribution is 6.04. The zero-order valence-corrected chi connectivity index (χ0v) is 20.7. The number of fused-ring (bicyclic) bond motifs is 1. The fraction of sp³-hybridized carbons (Fsp3) is 0.654. The summed E-state index contributed by atoms with van der Waals surface area (Å²) >= 11 is 0. The monoisotopic (exact) mass is 441 g/mol. The summed E-state index contributed by atoms with van der Waals surface area (Å²) in [6, 6.07) is 6.25. The Morgan fingerprint density at radius 1 is 1.03 bits per heavy atom. The van der Waals surface area contributed by atoms with E-state index in [9.17, 15) is 9.59 Å². The van der Waals surface area contributed by atoms with Gasteiger partial charge in [-0.05, 0) is 74.5 Å². The van der Waals surface area contributed by atoms with Crippen LogP contribution in [0.4, 0.5) is 4.79 Å². The molecule has 6 heteroatoms. The minimum atomic E-state index is -0.527. The van der Waals surface area contributed by atoms with E-state index in [0.29, 0.717) is 25.9 Å². The first-order chi connectivity index (χ1) is 14.7. The number of carbonyl (C=O) groups excluding carboxylic acids is 2. The van der Waals surface area contributed by atoms with Crippen LogP contribution in [-0.4, -0.2) is 41.4 Å². The molecule has 0 atom stereocenters. The van der Waals surface area contributed by atoms with Gasteiger partial charge in [-0.1, -0.05) is 39.8 Å². The number of nitrogens with two attached hydrogens (primary N) is 1. The summed E-state index contributed by atoms with van der Waals surface area (Å²) in [5.74, 6) is -0.157. The summed E-state index contributed by atoms with van der Waals surface area (Å²) in [6.07, 6.45) is 3.07. The molecule has 1 aliphatic heterocycles. The third-order valence-electron chi connectivity index (χ3n) is 6.88. The molecule has 1 aromatic carbocycles. The molecule has 0 unspecified atom stereocenters. The van der Waals surface area contributed by atoms with Gasteiger partial charge in [-0.3, -0.25) is 4.79 Å². The Bertz CT molecular complexity index is 917. The lowest BCUT2D eigenvalue weighted by Crippen LogP contribution is -2.43. The van der Waals surface area contributed by atoms with Crippen LogP contribution in [0.5, 0.6) is 0 Å². The summed E-state index contributed by atoms with van der Waals surface area (Å²) in [5.41, 5.74) is 9.40. The Morgan fingerprint density at radius 3 is 2.16 bits per heavy atom. The molecule has 2 aliphatic rings. The average Bonchev–Trinajstić information content (AvgIpc) is 2.70. The van der Waals surface area contributed by atoms with E-state index >= 15 is 0 Å². The van der Waals surface area contributed by atoms with Gasteiger partial charge in [0.05, 0.1) is 0 Å². The number of amides is 2. The SMILES string of the molecule is CC(C)(C)OC(=O)N1CCC(C(=O)N=C(N)c2ccc3c(c2)C(C)(C)CCC3(C)C)CC1. The average molecular weight is 442 g/mol. The van der Waals surface area contributed by atoms with E-state index in [0.717, 1.165) is 18.4 Å². The van der Waals surface area contributed by atoms with Crippen LogP contribution < -0.4 is 5.73 Å². The Morgan fingerprint density at radius 2 is 1.59 bits per heavy atom. The lowest BCUT2D eigenvalue weighted by molar-refractivity contribution is -0.122. The molecule has 176 valence electrons. The fourth-order valence-corrected chi connectivity index (χ4v) is 4.66. The predicted octanol–water partition coefficient (Wildman–Crippen LogP) is 4.91. The third-order valence-corrected chi connectivity index (χ3v) is 6.88. The number of hydrogen-bond donors (Lipinski definition) is 1. The quantitative estimate of drug-likeness (QED) is 0.522. The molecule has 32 heavy (non-hydrogen) atoms. The molecular weight excluding hydrogens is 402 g/mol. The van der Waals surface area contributed by atoms with E-state index in [2.05, 4.69) is 44.8 Å². The molecule has 0 aromatic heterocycles. The maximum Gasteiger partial charge on any atom is 0.410 e. The number of aliphatic imine (C=N–C) groups is 1. The van der Waals surface area contributed by atoms with Gasteiger partial charge >= 0.3 is 6.09 Å². The molecule has 1 fully saturated rings. The lowest BCUT2D eigenvalue weighted by Gasteiger charge is -2.42. The fourth-order valence-electron chi connectivity index (χ4n) is 4.66. The maximum absolute atomic E-state index is 12.8. The second-order valence-electron chi connectivity index (χ2n) is 11.6. The molecule has 2 N–H and O–H groups in total. The van der Waals surface area contributed by atoms with E-state index in [1.54, 1.807) is 4.90 Å². The molecule has 1 saturated heterocycles. The van der Waals surface area contributed by atoms with Gasteiger partial charge < -0.3 is 15.4 Å². The summed E-state index contributed by atoms with van der Waals surface area (Å²) in [6.45, 7) is 15.6. The number of rotatable bonds is 2.